The van der Waals surface area contributed by atoms with E-state index in [-0.39, 0.29) is 23.5 Å². The molecule has 144 valence electrons. The highest BCUT2D eigenvalue weighted by Gasteiger charge is 2.38. The van der Waals surface area contributed by atoms with E-state index >= 15 is 0 Å². The molecule has 1 N–H and O–H groups in total. The highest BCUT2D eigenvalue weighted by Crippen LogP contribution is 2.43. The molecule has 0 saturated carbocycles. The van der Waals surface area contributed by atoms with E-state index in [9.17, 15) is 9.59 Å². The molecule has 2 aromatic rings. The fraction of sp³-hybridized carbons (Fsp3) is 0.304. The summed E-state index contributed by atoms with van der Waals surface area (Å²) in [6.07, 6.45) is 1.37. The Morgan fingerprint density at radius 1 is 0.857 bits per heavy atom. The van der Waals surface area contributed by atoms with Gasteiger partial charge in [0.15, 0.2) is 17.3 Å². The minimum absolute atomic E-state index is 0.000814. The van der Waals surface area contributed by atoms with E-state index < -0.39 is 0 Å². The highest BCUT2D eigenvalue weighted by molar-refractivity contribution is 6.02. The standard InChI is InChI=1S/C23H23NO4/c1-27-20-9-8-15(12-21(20)28-2)16-10-18-23(19(25)11-16)17(13-22(26)24-18)14-6-4-3-5-7-14/h3-9,12,16-17H,10-11,13H2,1-2H3,(H,24,26). The molecular formula is C23H23NO4. The van der Waals surface area contributed by atoms with Crippen LogP contribution in [0.5, 0.6) is 11.5 Å². The first-order chi connectivity index (χ1) is 13.6. The molecule has 2 aromatic carbocycles. The van der Waals surface area contributed by atoms with E-state index in [2.05, 4.69) is 5.32 Å². The largest absolute Gasteiger partial charge is 0.493 e. The maximum atomic E-state index is 13.1. The van der Waals surface area contributed by atoms with Crippen LogP contribution in [-0.4, -0.2) is 25.9 Å². The van der Waals surface area contributed by atoms with Crippen LogP contribution in [-0.2, 0) is 9.59 Å². The molecule has 1 heterocycles. The van der Waals surface area contributed by atoms with E-state index in [1.807, 2.05) is 48.5 Å². The van der Waals surface area contributed by atoms with Crippen molar-refractivity contribution in [2.45, 2.75) is 31.1 Å². The lowest BCUT2D eigenvalue weighted by Gasteiger charge is -2.34. The van der Waals surface area contributed by atoms with Crippen molar-refractivity contribution >= 4 is 11.7 Å². The summed E-state index contributed by atoms with van der Waals surface area (Å²) in [6.45, 7) is 0. The second-order valence-corrected chi connectivity index (χ2v) is 7.25. The Morgan fingerprint density at radius 3 is 2.32 bits per heavy atom. The number of amides is 1. The number of benzene rings is 2. The second-order valence-electron chi connectivity index (χ2n) is 7.25. The van der Waals surface area contributed by atoms with Crippen molar-refractivity contribution in [2.24, 2.45) is 0 Å². The zero-order valence-corrected chi connectivity index (χ0v) is 16.0. The summed E-state index contributed by atoms with van der Waals surface area (Å²) in [7, 11) is 3.19. The Hall–Kier alpha value is -3.08. The van der Waals surface area contributed by atoms with Gasteiger partial charge in [-0.2, -0.15) is 0 Å². The Labute approximate surface area is 164 Å². The molecule has 2 unspecified atom stereocenters. The lowest BCUT2D eigenvalue weighted by Crippen LogP contribution is -2.38. The quantitative estimate of drug-likeness (QED) is 0.882. The summed E-state index contributed by atoms with van der Waals surface area (Å²) >= 11 is 0. The molecule has 1 amide bonds. The average molecular weight is 377 g/mol. The van der Waals surface area contributed by atoms with Gasteiger partial charge in [-0.25, -0.2) is 0 Å². The van der Waals surface area contributed by atoms with Gasteiger partial charge in [-0.05, 0) is 35.6 Å². The molecule has 0 fully saturated rings. The van der Waals surface area contributed by atoms with Crippen LogP contribution < -0.4 is 14.8 Å². The second kappa shape index (κ2) is 7.50. The molecule has 0 radical (unpaired) electrons. The van der Waals surface area contributed by atoms with Crippen molar-refractivity contribution in [1.82, 2.24) is 5.32 Å². The smallest absolute Gasteiger partial charge is 0.225 e. The number of carbonyl (C=O) groups is 2. The number of carbonyl (C=O) groups excluding carboxylic acids is 2. The number of methoxy groups -OCH3 is 2. The van der Waals surface area contributed by atoms with E-state index in [0.29, 0.717) is 30.8 Å². The molecule has 28 heavy (non-hydrogen) atoms. The van der Waals surface area contributed by atoms with Crippen LogP contribution in [0.2, 0.25) is 0 Å². The summed E-state index contributed by atoms with van der Waals surface area (Å²) < 4.78 is 10.7. The Kier molecular flexibility index (Phi) is 4.90. The average Bonchev–Trinajstić information content (AvgIpc) is 2.72. The topological polar surface area (TPSA) is 64.6 Å². The third kappa shape index (κ3) is 3.28. The fourth-order valence-electron chi connectivity index (χ4n) is 4.27. The molecule has 0 aromatic heterocycles. The van der Waals surface area contributed by atoms with Gasteiger partial charge in [0.2, 0.25) is 5.91 Å². The van der Waals surface area contributed by atoms with Gasteiger partial charge < -0.3 is 14.8 Å². The molecule has 5 nitrogen and oxygen atoms in total. The SMILES string of the molecule is COc1ccc(C2CC(=O)C3=C(C2)NC(=O)CC3c2ccccc2)cc1OC. The molecule has 5 heteroatoms. The zero-order chi connectivity index (χ0) is 19.7. The molecule has 0 bridgehead atoms. The summed E-state index contributed by atoms with van der Waals surface area (Å²) in [5, 5.41) is 2.96. The Bertz CT molecular complexity index is 948. The number of ether oxygens (including phenoxy) is 2. The van der Waals surface area contributed by atoms with E-state index in [0.717, 1.165) is 22.4 Å². The van der Waals surface area contributed by atoms with Crippen LogP contribution in [0.3, 0.4) is 0 Å². The van der Waals surface area contributed by atoms with Crippen LogP contribution in [0.4, 0.5) is 0 Å². The van der Waals surface area contributed by atoms with Crippen molar-refractivity contribution in [3.8, 4) is 11.5 Å². The van der Waals surface area contributed by atoms with Gasteiger partial charge >= 0.3 is 0 Å². The van der Waals surface area contributed by atoms with Crippen LogP contribution in [0.1, 0.15) is 42.2 Å². The Balaban J connectivity index is 1.69. The predicted molar refractivity (Wildman–Crippen MR) is 105 cm³/mol. The van der Waals surface area contributed by atoms with Gasteiger partial charge in [-0.3, -0.25) is 9.59 Å². The number of hydrogen-bond donors (Lipinski definition) is 1. The zero-order valence-electron chi connectivity index (χ0n) is 16.0. The van der Waals surface area contributed by atoms with Gasteiger partial charge in [0.25, 0.3) is 0 Å². The third-order valence-corrected chi connectivity index (χ3v) is 5.62. The maximum Gasteiger partial charge on any atom is 0.225 e. The van der Waals surface area contributed by atoms with Crippen LogP contribution in [0.25, 0.3) is 0 Å². The summed E-state index contributed by atoms with van der Waals surface area (Å²) in [4.78, 5) is 25.5. The van der Waals surface area contributed by atoms with Crippen molar-refractivity contribution in [3.63, 3.8) is 0 Å². The lowest BCUT2D eigenvalue weighted by molar-refractivity contribution is -0.122. The fourth-order valence-corrected chi connectivity index (χ4v) is 4.27. The summed E-state index contributed by atoms with van der Waals surface area (Å²) in [6, 6.07) is 15.5. The van der Waals surface area contributed by atoms with Gasteiger partial charge in [0.05, 0.1) is 14.2 Å². The maximum absolute atomic E-state index is 13.1. The van der Waals surface area contributed by atoms with E-state index in [4.69, 9.17) is 9.47 Å². The molecule has 1 aliphatic carbocycles. The molecule has 0 saturated heterocycles. The summed E-state index contributed by atoms with van der Waals surface area (Å²) in [5.41, 5.74) is 3.56. The molecule has 1 aliphatic heterocycles. The number of ketones is 1. The first kappa shape index (κ1) is 18.3. The van der Waals surface area contributed by atoms with Crippen molar-refractivity contribution in [3.05, 3.63) is 70.9 Å². The van der Waals surface area contributed by atoms with Gasteiger partial charge in [0.1, 0.15) is 0 Å². The number of Topliss-reactive ketones (excluding diaryl/α,β-unsaturated/α-hetero) is 1. The monoisotopic (exact) mass is 377 g/mol. The van der Waals surface area contributed by atoms with Crippen molar-refractivity contribution in [2.75, 3.05) is 14.2 Å². The number of allylic oxidation sites excluding steroid dienone is 2. The van der Waals surface area contributed by atoms with Gasteiger partial charge in [-0.1, -0.05) is 36.4 Å². The normalized spacial score (nSPS) is 21.8. The van der Waals surface area contributed by atoms with E-state index in [1.54, 1.807) is 14.2 Å². The van der Waals surface area contributed by atoms with Crippen LogP contribution in [0.15, 0.2) is 59.8 Å². The molecule has 2 atom stereocenters. The van der Waals surface area contributed by atoms with E-state index in [1.165, 1.54) is 0 Å². The first-order valence-electron chi connectivity index (χ1n) is 9.43. The number of nitrogens with one attached hydrogen (secondary N) is 1. The van der Waals surface area contributed by atoms with Crippen LogP contribution in [0, 0.1) is 0 Å². The molecular weight excluding hydrogens is 354 g/mol. The van der Waals surface area contributed by atoms with Crippen molar-refractivity contribution in [1.29, 1.82) is 0 Å². The molecule has 4 rings (SSSR count). The highest BCUT2D eigenvalue weighted by atomic mass is 16.5. The third-order valence-electron chi connectivity index (χ3n) is 5.62. The van der Waals surface area contributed by atoms with Crippen molar-refractivity contribution < 1.29 is 19.1 Å². The molecule has 0 spiro atoms. The number of rotatable bonds is 4. The van der Waals surface area contributed by atoms with Gasteiger partial charge in [0, 0.05) is 30.0 Å². The summed E-state index contributed by atoms with van der Waals surface area (Å²) in [5.74, 6) is 1.21. The van der Waals surface area contributed by atoms with Crippen LogP contribution >= 0.6 is 0 Å². The minimum Gasteiger partial charge on any atom is -0.493 e. The molecule has 2 aliphatic rings. The number of hydrogen-bond acceptors (Lipinski definition) is 4. The Morgan fingerprint density at radius 2 is 1.61 bits per heavy atom. The minimum atomic E-state index is -0.163. The first-order valence-corrected chi connectivity index (χ1v) is 9.43. The predicted octanol–water partition coefficient (Wildman–Crippen LogP) is 3.71. The lowest BCUT2D eigenvalue weighted by atomic mass is 9.73. The van der Waals surface area contributed by atoms with Gasteiger partial charge in [-0.15, -0.1) is 0 Å².